The summed E-state index contributed by atoms with van der Waals surface area (Å²) in [6.45, 7) is 0. The molecule has 23 heavy (non-hydrogen) atoms. The number of carbonyl (C=O) groups is 1. The molecule has 122 valence electrons. The van der Waals surface area contributed by atoms with E-state index in [4.69, 9.17) is 5.73 Å². The molecule has 0 bridgehead atoms. The normalized spacial score (nSPS) is 16.9. The van der Waals surface area contributed by atoms with E-state index >= 15 is 0 Å². The Hall–Kier alpha value is -1.34. The maximum absolute atomic E-state index is 12.9. The molecular formula is C16H20N4OS2. The summed E-state index contributed by atoms with van der Waals surface area (Å²) in [5, 5.41) is 8.25. The van der Waals surface area contributed by atoms with Crippen molar-refractivity contribution in [2.24, 2.45) is 0 Å². The van der Waals surface area contributed by atoms with Crippen LogP contribution in [0, 0.1) is 0 Å². The van der Waals surface area contributed by atoms with Gasteiger partial charge < -0.3 is 5.73 Å². The van der Waals surface area contributed by atoms with Gasteiger partial charge in [-0.3, -0.25) is 9.36 Å². The maximum Gasteiger partial charge on any atom is 0.241 e. The van der Waals surface area contributed by atoms with E-state index in [0.29, 0.717) is 10.9 Å². The van der Waals surface area contributed by atoms with Gasteiger partial charge in [0.05, 0.1) is 5.75 Å². The molecule has 0 saturated heterocycles. The van der Waals surface area contributed by atoms with E-state index in [-0.39, 0.29) is 5.91 Å². The number of carbonyl (C=O) groups excluding carboxylic acids is 1. The second-order valence-electron chi connectivity index (χ2n) is 6.19. The minimum Gasteiger partial charge on any atom is -0.374 e. The minimum atomic E-state index is 0.185. The summed E-state index contributed by atoms with van der Waals surface area (Å²) in [5.41, 5.74) is 11.2. The highest BCUT2D eigenvalue weighted by Gasteiger charge is 2.28. The second kappa shape index (κ2) is 6.28. The molecule has 0 aromatic carbocycles. The molecule has 2 aromatic heterocycles. The Morgan fingerprint density at radius 2 is 1.65 bits per heavy atom. The Morgan fingerprint density at radius 1 is 1.04 bits per heavy atom. The van der Waals surface area contributed by atoms with Crippen molar-refractivity contribution in [3.63, 3.8) is 0 Å². The van der Waals surface area contributed by atoms with Crippen molar-refractivity contribution in [2.45, 2.75) is 55.7 Å². The van der Waals surface area contributed by atoms with E-state index in [9.17, 15) is 4.79 Å². The molecule has 7 heteroatoms. The quantitative estimate of drug-likeness (QED) is 0.863. The molecule has 2 aliphatic carbocycles. The highest BCUT2D eigenvalue weighted by Crippen LogP contribution is 2.35. The van der Waals surface area contributed by atoms with Gasteiger partial charge >= 0.3 is 0 Å². The van der Waals surface area contributed by atoms with Crippen LogP contribution in [0.4, 0.5) is 5.13 Å². The lowest BCUT2D eigenvalue weighted by molar-refractivity contribution is 0.0935. The van der Waals surface area contributed by atoms with E-state index in [1.807, 2.05) is 0 Å². The lowest BCUT2D eigenvalue weighted by Gasteiger charge is -2.16. The third-order valence-electron chi connectivity index (χ3n) is 4.77. The van der Waals surface area contributed by atoms with Gasteiger partial charge in [-0.1, -0.05) is 23.1 Å². The van der Waals surface area contributed by atoms with Crippen LogP contribution in [-0.4, -0.2) is 26.4 Å². The summed E-state index contributed by atoms with van der Waals surface area (Å²) < 4.78 is 2.83. The minimum absolute atomic E-state index is 0.185. The van der Waals surface area contributed by atoms with Crippen LogP contribution in [-0.2, 0) is 25.7 Å². The first-order chi connectivity index (χ1) is 11.2. The monoisotopic (exact) mass is 348 g/mol. The Balaban J connectivity index is 1.62. The van der Waals surface area contributed by atoms with Crippen LogP contribution in [0.5, 0.6) is 0 Å². The van der Waals surface area contributed by atoms with Crippen LogP contribution in [0.3, 0.4) is 0 Å². The van der Waals surface area contributed by atoms with Gasteiger partial charge in [-0.25, -0.2) is 0 Å². The van der Waals surface area contributed by atoms with Gasteiger partial charge in [0.15, 0.2) is 4.34 Å². The summed E-state index contributed by atoms with van der Waals surface area (Å²) in [7, 11) is 0. The van der Waals surface area contributed by atoms with Gasteiger partial charge in [0.25, 0.3) is 0 Å². The number of hydrogen-bond acceptors (Lipinski definition) is 6. The predicted octanol–water partition coefficient (Wildman–Crippen LogP) is 3.11. The number of fused-ring (bicyclic) bond motifs is 3. The summed E-state index contributed by atoms with van der Waals surface area (Å²) >= 11 is 2.79. The first-order valence-electron chi connectivity index (χ1n) is 8.23. The average Bonchev–Trinajstić information content (AvgIpc) is 3.14. The van der Waals surface area contributed by atoms with Crippen LogP contribution in [0.25, 0.3) is 0 Å². The van der Waals surface area contributed by atoms with E-state index in [1.54, 1.807) is 0 Å². The number of nitrogens with zero attached hydrogens (tertiary/aromatic N) is 3. The zero-order valence-corrected chi connectivity index (χ0v) is 14.6. The maximum atomic E-state index is 12.9. The summed E-state index contributed by atoms with van der Waals surface area (Å²) in [6, 6.07) is 0. The number of aromatic nitrogens is 3. The molecule has 0 saturated carbocycles. The molecular weight excluding hydrogens is 328 g/mol. The van der Waals surface area contributed by atoms with E-state index in [0.717, 1.165) is 30.0 Å². The van der Waals surface area contributed by atoms with E-state index < -0.39 is 0 Å². The molecule has 0 amide bonds. The molecule has 0 fully saturated rings. The van der Waals surface area contributed by atoms with Crippen LogP contribution >= 0.6 is 23.1 Å². The van der Waals surface area contributed by atoms with Gasteiger partial charge in [0, 0.05) is 11.4 Å². The third-order valence-corrected chi connectivity index (χ3v) is 6.64. The van der Waals surface area contributed by atoms with Crippen molar-refractivity contribution < 1.29 is 4.79 Å². The topological polar surface area (TPSA) is 73.8 Å². The zero-order valence-electron chi connectivity index (χ0n) is 13.0. The summed E-state index contributed by atoms with van der Waals surface area (Å²) in [5.74, 6) is 0.590. The van der Waals surface area contributed by atoms with Crippen LogP contribution < -0.4 is 5.73 Å². The molecule has 0 atom stereocenters. The molecule has 2 aromatic rings. The Labute approximate surface area is 143 Å². The Morgan fingerprint density at radius 3 is 2.22 bits per heavy atom. The number of thioether (sulfide) groups is 1. The van der Waals surface area contributed by atoms with Crippen molar-refractivity contribution in [3.05, 3.63) is 22.5 Å². The smallest absolute Gasteiger partial charge is 0.241 e. The van der Waals surface area contributed by atoms with Gasteiger partial charge in [-0.05, 0) is 62.5 Å². The number of rotatable bonds is 3. The number of nitrogen functional groups attached to an aromatic ring is 1. The standard InChI is InChI=1S/C16H20N4OS2/c17-15-18-19-16(23-15)22-9-14(21)20-12-7-3-1-5-10(12)11-6-2-4-8-13(11)20/h1-9H2,(H2,17,18). The molecule has 2 heterocycles. The number of nitrogens with two attached hydrogens (primary N) is 1. The highest BCUT2D eigenvalue weighted by molar-refractivity contribution is 8.01. The fraction of sp³-hybridized carbons (Fsp3) is 0.562. The molecule has 0 aliphatic heterocycles. The second-order valence-corrected chi connectivity index (χ2v) is 8.42. The summed E-state index contributed by atoms with van der Waals surface area (Å²) in [4.78, 5) is 12.9. The van der Waals surface area contributed by atoms with Crippen molar-refractivity contribution >= 4 is 34.1 Å². The predicted molar refractivity (Wildman–Crippen MR) is 93.4 cm³/mol. The van der Waals surface area contributed by atoms with Gasteiger partial charge in [-0.15, -0.1) is 10.2 Å². The largest absolute Gasteiger partial charge is 0.374 e. The van der Waals surface area contributed by atoms with Gasteiger partial charge in [-0.2, -0.15) is 0 Å². The molecule has 2 N–H and O–H groups in total. The van der Waals surface area contributed by atoms with Crippen molar-refractivity contribution in [1.29, 1.82) is 0 Å². The Kier molecular flexibility index (Phi) is 4.15. The average molecular weight is 348 g/mol. The van der Waals surface area contributed by atoms with Crippen LogP contribution in [0.15, 0.2) is 4.34 Å². The van der Waals surface area contributed by atoms with Gasteiger partial charge in [0.2, 0.25) is 11.0 Å². The molecule has 5 nitrogen and oxygen atoms in total. The zero-order chi connectivity index (χ0) is 15.8. The fourth-order valence-electron chi connectivity index (χ4n) is 3.85. The SMILES string of the molecule is Nc1nnc(SCC(=O)n2c3c(c4c2CCCC4)CCCC3)s1. The van der Waals surface area contributed by atoms with Crippen LogP contribution in [0.2, 0.25) is 0 Å². The van der Waals surface area contributed by atoms with Crippen molar-refractivity contribution in [2.75, 3.05) is 11.5 Å². The van der Waals surface area contributed by atoms with Crippen molar-refractivity contribution in [1.82, 2.24) is 14.8 Å². The highest BCUT2D eigenvalue weighted by atomic mass is 32.2. The lowest BCUT2D eigenvalue weighted by atomic mass is 9.89. The van der Waals surface area contributed by atoms with E-state index in [2.05, 4.69) is 14.8 Å². The van der Waals surface area contributed by atoms with Crippen LogP contribution in [0.1, 0.15) is 53.0 Å². The molecule has 0 spiro atoms. The molecule has 4 rings (SSSR count). The fourth-order valence-corrected chi connectivity index (χ4v) is 5.34. The number of anilines is 1. The number of hydrogen-bond donors (Lipinski definition) is 1. The van der Waals surface area contributed by atoms with E-state index in [1.165, 1.54) is 71.3 Å². The Bertz CT molecular complexity index is 716. The molecule has 2 aliphatic rings. The van der Waals surface area contributed by atoms with Gasteiger partial charge in [0.1, 0.15) is 0 Å². The molecule has 0 unspecified atom stereocenters. The lowest BCUT2D eigenvalue weighted by Crippen LogP contribution is -2.21. The first-order valence-corrected chi connectivity index (χ1v) is 10.0. The molecule has 0 radical (unpaired) electrons. The third kappa shape index (κ3) is 2.80. The van der Waals surface area contributed by atoms with Crippen molar-refractivity contribution in [3.8, 4) is 0 Å². The summed E-state index contributed by atoms with van der Waals surface area (Å²) in [6.07, 6.45) is 9.31. The first kappa shape index (κ1) is 15.2.